The number of amides is 2. The minimum absolute atomic E-state index is 0.118. The van der Waals surface area contributed by atoms with Crippen LogP contribution in [0.2, 0.25) is 0 Å². The Bertz CT molecular complexity index is 325. The van der Waals surface area contributed by atoms with E-state index in [0.717, 1.165) is 0 Å². The highest BCUT2D eigenvalue weighted by Crippen LogP contribution is 2.21. The summed E-state index contributed by atoms with van der Waals surface area (Å²) in [4.78, 5) is 24.4. The molecule has 104 valence electrons. The third kappa shape index (κ3) is 4.18. The zero-order chi connectivity index (χ0) is 13.9. The van der Waals surface area contributed by atoms with E-state index in [9.17, 15) is 14.7 Å². The number of nitrogens with one attached hydrogen (secondary N) is 1. The van der Waals surface area contributed by atoms with Crippen LogP contribution in [0.25, 0.3) is 0 Å². The molecule has 2 unspecified atom stereocenters. The van der Waals surface area contributed by atoms with Crippen molar-refractivity contribution in [2.24, 2.45) is 0 Å². The molecular weight excluding hydrogens is 236 g/mol. The summed E-state index contributed by atoms with van der Waals surface area (Å²) in [7, 11) is 0. The van der Waals surface area contributed by atoms with E-state index < -0.39 is 11.7 Å². The maximum absolute atomic E-state index is 11.9. The highest BCUT2D eigenvalue weighted by molar-refractivity contribution is 5.74. The van der Waals surface area contributed by atoms with Crippen LogP contribution < -0.4 is 5.32 Å². The Kier molecular flexibility index (Phi) is 4.56. The van der Waals surface area contributed by atoms with Crippen molar-refractivity contribution < 1.29 is 19.4 Å². The maximum Gasteiger partial charge on any atom is 0.410 e. The van der Waals surface area contributed by atoms with Crippen LogP contribution in [0.15, 0.2) is 0 Å². The fourth-order valence-corrected chi connectivity index (χ4v) is 2.03. The van der Waals surface area contributed by atoms with Crippen LogP contribution in [0, 0.1) is 0 Å². The number of likely N-dealkylation sites (tertiary alicyclic amines) is 1. The van der Waals surface area contributed by atoms with E-state index in [-0.39, 0.29) is 24.6 Å². The lowest BCUT2D eigenvalue weighted by Gasteiger charge is -2.27. The highest BCUT2D eigenvalue weighted by atomic mass is 16.6. The second-order valence-corrected chi connectivity index (χ2v) is 5.60. The monoisotopic (exact) mass is 258 g/mol. The number of carbonyl (C=O) groups excluding carboxylic acids is 2. The van der Waals surface area contributed by atoms with E-state index >= 15 is 0 Å². The van der Waals surface area contributed by atoms with Crippen molar-refractivity contribution in [3.05, 3.63) is 0 Å². The van der Waals surface area contributed by atoms with Gasteiger partial charge in [-0.1, -0.05) is 0 Å². The average molecular weight is 258 g/mol. The summed E-state index contributed by atoms with van der Waals surface area (Å²) < 4.78 is 5.27. The van der Waals surface area contributed by atoms with E-state index in [0.29, 0.717) is 13.0 Å². The number of nitrogens with zero attached hydrogens (tertiary/aromatic N) is 1. The first-order valence-corrected chi connectivity index (χ1v) is 6.10. The maximum atomic E-state index is 11.9. The van der Waals surface area contributed by atoms with Gasteiger partial charge in [0.05, 0.1) is 12.6 Å². The van der Waals surface area contributed by atoms with Crippen LogP contribution in [0.1, 0.15) is 34.1 Å². The van der Waals surface area contributed by atoms with Crippen LogP contribution >= 0.6 is 0 Å². The van der Waals surface area contributed by atoms with Crippen molar-refractivity contribution >= 4 is 12.0 Å². The van der Waals surface area contributed by atoms with Gasteiger partial charge in [-0.05, 0) is 27.2 Å². The summed E-state index contributed by atoms with van der Waals surface area (Å²) in [6, 6.07) is -0.413. The Balaban J connectivity index is 2.64. The van der Waals surface area contributed by atoms with E-state index in [1.54, 1.807) is 20.8 Å². The minimum Gasteiger partial charge on any atom is -0.444 e. The lowest BCUT2D eigenvalue weighted by molar-refractivity contribution is -0.119. The van der Waals surface area contributed by atoms with Gasteiger partial charge in [-0.25, -0.2) is 4.79 Å². The summed E-state index contributed by atoms with van der Waals surface area (Å²) in [6.07, 6.45) is 0.101. The third-order valence-electron chi connectivity index (χ3n) is 2.66. The lowest BCUT2D eigenvalue weighted by Crippen LogP contribution is -2.42. The van der Waals surface area contributed by atoms with Crippen LogP contribution in [-0.2, 0) is 9.53 Å². The van der Waals surface area contributed by atoms with Crippen molar-refractivity contribution in [1.29, 1.82) is 0 Å². The molecular formula is C12H22N2O4. The molecule has 0 bridgehead atoms. The fourth-order valence-electron chi connectivity index (χ4n) is 2.03. The summed E-state index contributed by atoms with van der Waals surface area (Å²) >= 11 is 0. The molecule has 0 aromatic carbocycles. The number of hydrogen-bond acceptors (Lipinski definition) is 4. The number of aliphatic hydroxyl groups excluding tert-OH is 1. The number of aliphatic hydroxyl groups is 1. The van der Waals surface area contributed by atoms with Crippen molar-refractivity contribution in [3.8, 4) is 0 Å². The molecule has 0 aromatic heterocycles. The van der Waals surface area contributed by atoms with Crippen molar-refractivity contribution in [1.82, 2.24) is 10.2 Å². The molecule has 1 aliphatic heterocycles. The first-order chi connectivity index (χ1) is 8.23. The molecule has 2 N–H and O–H groups in total. The molecule has 2 atom stereocenters. The van der Waals surface area contributed by atoms with Gasteiger partial charge in [0.15, 0.2) is 0 Å². The first kappa shape index (κ1) is 14.8. The van der Waals surface area contributed by atoms with Crippen molar-refractivity contribution in [2.45, 2.75) is 51.8 Å². The van der Waals surface area contributed by atoms with Gasteiger partial charge in [0, 0.05) is 19.5 Å². The number of ether oxygens (including phenoxy) is 1. The molecule has 0 aliphatic carbocycles. The van der Waals surface area contributed by atoms with Crippen LogP contribution in [0.4, 0.5) is 4.79 Å². The van der Waals surface area contributed by atoms with Crippen LogP contribution in [0.3, 0.4) is 0 Å². The summed E-state index contributed by atoms with van der Waals surface area (Å²) in [5.74, 6) is -0.136. The standard InChI is InChI=1S/C12H22N2O4/c1-8(16)13-9-5-10(7-15)14(6-9)11(17)18-12(2,3)4/h9-10,15H,5-7H2,1-4H3,(H,13,16). The number of hydrogen-bond donors (Lipinski definition) is 2. The van der Waals surface area contributed by atoms with E-state index in [4.69, 9.17) is 4.74 Å². The smallest absolute Gasteiger partial charge is 0.410 e. The van der Waals surface area contributed by atoms with Crippen LogP contribution in [-0.4, -0.2) is 52.8 Å². The summed E-state index contributed by atoms with van der Waals surface area (Å²) in [6.45, 7) is 7.06. The third-order valence-corrected chi connectivity index (χ3v) is 2.66. The SMILES string of the molecule is CC(=O)NC1CC(CO)N(C(=O)OC(C)(C)C)C1. The molecule has 18 heavy (non-hydrogen) atoms. The fraction of sp³-hybridized carbons (Fsp3) is 0.833. The second kappa shape index (κ2) is 5.56. The van der Waals surface area contributed by atoms with Gasteiger partial charge >= 0.3 is 6.09 Å². The molecule has 6 nitrogen and oxygen atoms in total. The Hall–Kier alpha value is -1.30. The zero-order valence-corrected chi connectivity index (χ0v) is 11.4. The van der Waals surface area contributed by atoms with E-state index in [1.807, 2.05) is 0 Å². The van der Waals surface area contributed by atoms with Crippen LogP contribution in [0.5, 0.6) is 0 Å². The largest absolute Gasteiger partial charge is 0.444 e. The molecule has 0 radical (unpaired) electrons. The van der Waals surface area contributed by atoms with E-state index in [1.165, 1.54) is 11.8 Å². The van der Waals surface area contributed by atoms with Gasteiger partial charge in [0.1, 0.15) is 5.60 Å². The quantitative estimate of drug-likeness (QED) is 0.755. The molecule has 6 heteroatoms. The molecule has 0 spiro atoms. The van der Waals surface area contributed by atoms with Gasteiger partial charge < -0.3 is 20.1 Å². The van der Waals surface area contributed by atoms with E-state index in [2.05, 4.69) is 5.32 Å². The van der Waals surface area contributed by atoms with Gasteiger partial charge in [-0.3, -0.25) is 4.79 Å². The Labute approximate surface area is 107 Å². The normalized spacial score (nSPS) is 23.9. The van der Waals surface area contributed by atoms with Crippen molar-refractivity contribution in [2.75, 3.05) is 13.2 Å². The average Bonchev–Trinajstić information content (AvgIpc) is 2.57. The molecule has 0 aromatic rings. The Morgan fingerprint density at radius 3 is 2.50 bits per heavy atom. The predicted octanol–water partition coefficient (Wildman–Crippen LogP) is 0.493. The second-order valence-electron chi connectivity index (χ2n) is 5.60. The molecule has 1 aliphatic rings. The Morgan fingerprint density at radius 2 is 2.06 bits per heavy atom. The summed E-state index contributed by atoms with van der Waals surface area (Å²) in [5.41, 5.74) is -0.566. The zero-order valence-electron chi connectivity index (χ0n) is 11.4. The lowest BCUT2D eigenvalue weighted by atomic mass is 10.2. The van der Waals surface area contributed by atoms with Crippen molar-refractivity contribution in [3.63, 3.8) is 0 Å². The molecule has 1 saturated heterocycles. The molecule has 0 saturated carbocycles. The van der Waals surface area contributed by atoms with Gasteiger partial charge in [0.25, 0.3) is 0 Å². The minimum atomic E-state index is -0.566. The van der Waals surface area contributed by atoms with Gasteiger partial charge in [0.2, 0.25) is 5.91 Å². The molecule has 1 heterocycles. The molecule has 1 fully saturated rings. The van der Waals surface area contributed by atoms with Gasteiger partial charge in [-0.15, -0.1) is 0 Å². The molecule has 1 rings (SSSR count). The summed E-state index contributed by atoms with van der Waals surface area (Å²) in [5, 5.41) is 12.0. The Morgan fingerprint density at radius 1 is 1.44 bits per heavy atom. The number of carbonyl (C=O) groups is 2. The predicted molar refractivity (Wildman–Crippen MR) is 66.0 cm³/mol. The first-order valence-electron chi connectivity index (χ1n) is 6.10. The van der Waals surface area contributed by atoms with Gasteiger partial charge in [-0.2, -0.15) is 0 Å². The molecule has 2 amide bonds. The number of rotatable bonds is 2. The highest BCUT2D eigenvalue weighted by Gasteiger charge is 2.37. The topological polar surface area (TPSA) is 78.9 Å².